The number of nitrogens with one attached hydrogen (secondary N) is 1. The van der Waals surface area contributed by atoms with Gasteiger partial charge in [-0.1, -0.05) is 6.92 Å². The van der Waals surface area contributed by atoms with Crippen molar-refractivity contribution < 1.29 is 19.4 Å². The van der Waals surface area contributed by atoms with Gasteiger partial charge in [0.15, 0.2) is 0 Å². The molecule has 2 heterocycles. The van der Waals surface area contributed by atoms with Crippen LogP contribution in [0.3, 0.4) is 0 Å². The molecule has 1 aliphatic heterocycles. The molecule has 2 fully saturated rings. The van der Waals surface area contributed by atoms with E-state index < -0.39 is 6.04 Å². The van der Waals surface area contributed by atoms with Crippen LogP contribution in [0.1, 0.15) is 37.8 Å². The van der Waals surface area contributed by atoms with Gasteiger partial charge < -0.3 is 19.9 Å². The average molecular weight is 320 g/mol. The van der Waals surface area contributed by atoms with Crippen molar-refractivity contribution in [3.8, 4) is 5.88 Å². The molecule has 0 aromatic carbocycles. The van der Waals surface area contributed by atoms with Crippen LogP contribution in [0.15, 0.2) is 18.3 Å². The SMILES string of the molecule is C[C@H]1C[C@@H]1C(=O)N[C@@H](CO)c1ccc(OC2CCOCC2)nc1. The molecule has 6 heteroatoms. The molecule has 3 rings (SSSR count). The highest BCUT2D eigenvalue weighted by Gasteiger charge is 2.39. The molecule has 1 aromatic heterocycles. The Morgan fingerprint density at radius 2 is 2.22 bits per heavy atom. The van der Waals surface area contributed by atoms with E-state index in [1.54, 1.807) is 12.3 Å². The molecule has 1 aliphatic carbocycles. The van der Waals surface area contributed by atoms with E-state index >= 15 is 0 Å². The molecule has 0 bridgehead atoms. The second-order valence-electron chi connectivity index (χ2n) is 6.42. The predicted molar refractivity (Wildman–Crippen MR) is 83.9 cm³/mol. The zero-order valence-corrected chi connectivity index (χ0v) is 13.4. The first kappa shape index (κ1) is 16.2. The van der Waals surface area contributed by atoms with Crippen LogP contribution in [0.4, 0.5) is 0 Å². The summed E-state index contributed by atoms with van der Waals surface area (Å²) in [5.74, 6) is 1.12. The molecule has 1 saturated heterocycles. The van der Waals surface area contributed by atoms with Crippen LogP contribution in [0.25, 0.3) is 0 Å². The molecule has 6 nitrogen and oxygen atoms in total. The van der Waals surface area contributed by atoms with Gasteiger partial charge in [-0.25, -0.2) is 4.98 Å². The molecule has 0 unspecified atom stereocenters. The van der Waals surface area contributed by atoms with Crippen LogP contribution in [0, 0.1) is 11.8 Å². The number of pyridine rings is 1. The Morgan fingerprint density at radius 3 is 2.78 bits per heavy atom. The number of rotatable bonds is 6. The lowest BCUT2D eigenvalue weighted by molar-refractivity contribution is -0.123. The molecule has 0 spiro atoms. The lowest BCUT2D eigenvalue weighted by atomic mass is 10.1. The van der Waals surface area contributed by atoms with Gasteiger partial charge in [0.05, 0.1) is 25.9 Å². The Morgan fingerprint density at radius 1 is 1.48 bits per heavy atom. The number of aromatic nitrogens is 1. The third-order valence-electron chi connectivity index (χ3n) is 4.56. The number of ether oxygens (including phenoxy) is 2. The number of hydrogen-bond donors (Lipinski definition) is 2. The maximum absolute atomic E-state index is 12.0. The summed E-state index contributed by atoms with van der Waals surface area (Å²) in [5.41, 5.74) is 0.786. The molecule has 1 aromatic rings. The maximum atomic E-state index is 12.0. The first-order chi connectivity index (χ1) is 11.2. The Balaban J connectivity index is 1.57. The Bertz CT molecular complexity index is 528. The smallest absolute Gasteiger partial charge is 0.223 e. The van der Waals surface area contributed by atoms with Crippen LogP contribution in [-0.4, -0.2) is 41.9 Å². The molecular formula is C17H24N2O4. The van der Waals surface area contributed by atoms with E-state index in [0.29, 0.717) is 11.8 Å². The Kier molecular flexibility index (Phi) is 5.13. The predicted octanol–water partition coefficient (Wildman–Crippen LogP) is 1.45. The van der Waals surface area contributed by atoms with Crippen molar-refractivity contribution in [3.63, 3.8) is 0 Å². The van der Waals surface area contributed by atoms with Crippen LogP contribution in [0.2, 0.25) is 0 Å². The summed E-state index contributed by atoms with van der Waals surface area (Å²) in [6.45, 7) is 3.36. The average Bonchev–Trinajstić information content (AvgIpc) is 3.31. The van der Waals surface area contributed by atoms with Gasteiger partial charge in [-0.15, -0.1) is 0 Å². The number of carbonyl (C=O) groups is 1. The molecule has 2 aliphatic rings. The van der Waals surface area contributed by atoms with Crippen LogP contribution < -0.4 is 10.1 Å². The van der Waals surface area contributed by atoms with E-state index in [1.807, 2.05) is 6.07 Å². The zero-order chi connectivity index (χ0) is 16.2. The van der Waals surface area contributed by atoms with Crippen molar-refractivity contribution in [2.24, 2.45) is 11.8 Å². The fraction of sp³-hybridized carbons (Fsp3) is 0.647. The van der Waals surface area contributed by atoms with E-state index in [0.717, 1.165) is 38.0 Å². The minimum absolute atomic E-state index is 0.0130. The summed E-state index contributed by atoms with van der Waals surface area (Å²) in [6, 6.07) is 3.22. The minimum Gasteiger partial charge on any atom is -0.474 e. The molecule has 2 N–H and O–H groups in total. The number of aliphatic hydroxyl groups excluding tert-OH is 1. The molecule has 0 radical (unpaired) electrons. The summed E-state index contributed by atoms with van der Waals surface area (Å²) in [5, 5.41) is 12.4. The van der Waals surface area contributed by atoms with E-state index in [9.17, 15) is 9.90 Å². The third kappa shape index (κ3) is 4.20. The van der Waals surface area contributed by atoms with E-state index in [2.05, 4.69) is 17.2 Å². The van der Waals surface area contributed by atoms with Gasteiger partial charge in [0, 0.05) is 31.0 Å². The minimum atomic E-state index is -0.417. The van der Waals surface area contributed by atoms with Gasteiger partial charge in [-0.05, 0) is 24.0 Å². The van der Waals surface area contributed by atoms with Gasteiger partial charge in [0.2, 0.25) is 11.8 Å². The van der Waals surface area contributed by atoms with Gasteiger partial charge in [0.25, 0.3) is 0 Å². The van der Waals surface area contributed by atoms with Gasteiger partial charge in [-0.2, -0.15) is 0 Å². The highest BCUT2D eigenvalue weighted by Crippen LogP contribution is 2.38. The third-order valence-corrected chi connectivity index (χ3v) is 4.56. The van der Waals surface area contributed by atoms with Crippen molar-refractivity contribution >= 4 is 5.91 Å². The first-order valence-electron chi connectivity index (χ1n) is 8.29. The Hall–Kier alpha value is -1.66. The van der Waals surface area contributed by atoms with Crippen molar-refractivity contribution in [1.82, 2.24) is 10.3 Å². The summed E-state index contributed by atoms with van der Waals surface area (Å²) < 4.78 is 11.1. The molecule has 23 heavy (non-hydrogen) atoms. The van der Waals surface area contributed by atoms with Crippen LogP contribution in [0.5, 0.6) is 5.88 Å². The summed E-state index contributed by atoms with van der Waals surface area (Å²) in [4.78, 5) is 16.3. The number of nitrogens with zero attached hydrogens (tertiary/aromatic N) is 1. The van der Waals surface area contributed by atoms with Gasteiger partial charge >= 0.3 is 0 Å². The summed E-state index contributed by atoms with van der Waals surface area (Å²) in [6.07, 6.45) is 4.48. The molecule has 126 valence electrons. The normalized spacial score (nSPS) is 25.7. The highest BCUT2D eigenvalue weighted by molar-refractivity contribution is 5.81. The number of carbonyl (C=O) groups excluding carboxylic acids is 1. The lowest BCUT2D eigenvalue weighted by Gasteiger charge is -2.23. The zero-order valence-electron chi connectivity index (χ0n) is 13.4. The monoisotopic (exact) mass is 320 g/mol. The number of amides is 1. The van der Waals surface area contributed by atoms with Gasteiger partial charge in [0.1, 0.15) is 6.10 Å². The molecule has 3 atom stereocenters. The largest absolute Gasteiger partial charge is 0.474 e. The summed E-state index contributed by atoms with van der Waals surface area (Å²) >= 11 is 0. The Labute approximate surface area is 136 Å². The van der Waals surface area contributed by atoms with Gasteiger partial charge in [-0.3, -0.25) is 4.79 Å². The number of aliphatic hydroxyl groups is 1. The fourth-order valence-corrected chi connectivity index (χ4v) is 2.83. The first-order valence-corrected chi connectivity index (χ1v) is 8.29. The van der Waals surface area contributed by atoms with Crippen molar-refractivity contribution in [3.05, 3.63) is 23.9 Å². The summed E-state index contributed by atoms with van der Waals surface area (Å²) in [7, 11) is 0. The fourth-order valence-electron chi connectivity index (χ4n) is 2.83. The van der Waals surface area contributed by atoms with E-state index in [1.165, 1.54) is 0 Å². The van der Waals surface area contributed by atoms with Crippen molar-refractivity contribution in [1.29, 1.82) is 0 Å². The van der Waals surface area contributed by atoms with Crippen LogP contribution in [-0.2, 0) is 9.53 Å². The molecule has 1 saturated carbocycles. The quantitative estimate of drug-likeness (QED) is 0.829. The lowest BCUT2D eigenvalue weighted by Crippen LogP contribution is -2.32. The van der Waals surface area contributed by atoms with Crippen LogP contribution >= 0.6 is 0 Å². The molecule has 1 amide bonds. The maximum Gasteiger partial charge on any atom is 0.223 e. The second-order valence-corrected chi connectivity index (χ2v) is 6.42. The van der Waals surface area contributed by atoms with Crippen molar-refractivity contribution in [2.75, 3.05) is 19.8 Å². The topological polar surface area (TPSA) is 80.7 Å². The standard InChI is InChI=1S/C17H24N2O4/c1-11-8-14(11)17(21)19-15(10-20)12-2-3-16(18-9-12)23-13-4-6-22-7-5-13/h2-3,9,11,13-15,20H,4-8,10H2,1H3,(H,19,21)/t11-,14-,15-/m0/s1. The number of hydrogen-bond acceptors (Lipinski definition) is 5. The van der Waals surface area contributed by atoms with Crippen molar-refractivity contribution in [2.45, 2.75) is 38.3 Å². The molecular weight excluding hydrogens is 296 g/mol. The second kappa shape index (κ2) is 7.27. The van der Waals surface area contributed by atoms with E-state index in [-0.39, 0.29) is 24.5 Å². The van der Waals surface area contributed by atoms with E-state index in [4.69, 9.17) is 9.47 Å². The highest BCUT2D eigenvalue weighted by atomic mass is 16.5.